The normalized spacial score (nSPS) is 19.1. The van der Waals surface area contributed by atoms with Gasteiger partial charge < -0.3 is 9.30 Å². The SMILES string of the molecule is CC1(C)COCC1n1c(Cc2cc(F)c(Br)cc2Cl)nc2c(F)cccc21. The predicted molar refractivity (Wildman–Crippen MR) is 105 cm³/mol. The Balaban J connectivity index is 1.89. The lowest BCUT2D eigenvalue weighted by Crippen LogP contribution is -2.27. The number of halogens is 4. The Labute approximate surface area is 169 Å². The topological polar surface area (TPSA) is 27.1 Å². The quantitative estimate of drug-likeness (QED) is 0.459. The highest BCUT2D eigenvalue weighted by molar-refractivity contribution is 9.10. The van der Waals surface area contributed by atoms with Crippen LogP contribution in [-0.4, -0.2) is 22.8 Å². The van der Waals surface area contributed by atoms with E-state index in [0.717, 1.165) is 0 Å². The molecule has 3 aromatic rings. The van der Waals surface area contributed by atoms with Crippen molar-refractivity contribution < 1.29 is 13.5 Å². The summed E-state index contributed by atoms with van der Waals surface area (Å²) in [6.45, 7) is 5.36. The van der Waals surface area contributed by atoms with Crippen molar-refractivity contribution in [1.29, 1.82) is 0 Å². The highest BCUT2D eigenvalue weighted by Gasteiger charge is 2.39. The second-order valence-corrected chi connectivity index (χ2v) is 8.82. The van der Waals surface area contributed by atoms with E-state index in [0.29, 0.717) is 51.6 Å². The molecule has 0 spiro atoms. The summed E-state index contributed by atoms with van der Waals surface area (Å²) in [4.78, 5) is 4.55. The number of ether oxygens (including phenoxy) is 1. The minimum Gasteiger partial charge on any atom is -0.379 e. The molecule has 1 aromatic heterocycles. The lowest BCUT2D eigenvalue weighted by Gasteiger charge is -2.28. The first-order valence-electron chi connectivity index (χ1n) is 8.64. The molecule has 0 bridgehead atoms. The van der Waals surface area contributed by atoms with Crippen LogP contribution in [0.15, 0.2) is 34.8 Å². The van der Waals surface area contributed by atoms with Gasteiger partial charge in [0.25, 0.3) is 0 Å². The Kier molecular flexibility index (Phi) is 4.77. The fourth-order valence-corrected chi connectivity index (χ4v) is 4.36. The maximum Gasteiger partial charge on any atom is 0.151 e. The first kappa shape index (κ1) is 18.8. The lowest BCUT2D eigenvalue weighted by molar-refractivity contribution is 0.166. The molecule has 7 heteroatoms. The molecule has 3 nitrogen and oxygen atoms in total. The number of imidazole rings is 1. The van der Waals surface area contributed by atoms with Crippen molar-refractivity contribution in [3.63, 3.8) is 0 Å². The number of para-hydroxylation sites is 1. The molecule has 0 aliphatic carbocycles. The smallest absolute Gasteiger partial charge is 0.151 e. The van der Waals surface area contributed by atoms with Gasteiger partial charge in [0.15, 0.2) is 5.82 Å². The summed E-state index contributed by atoms with van der Waals surface area (Å²) < 4.78 is 36.5. The summed E-state index contributed by atoms with van der Waals surface area (Å²) in [6.07, 6.45) is 0.295. The molecule has 1 aliphatic rings. The molecular weight excluding hydrogens is 438 g/mol. The van der Waals surface area contributed by atoms with Crippen molar-refractivity contribution in [1.82, 2.24) is 9.55 Å². The van der Waals surface area contributed by atoms with Crippen LogP contribution in [0.1, 0.15) is 31.3 Å². The van der Waals surface area contributed by atoms with E-state index in [2.05, 4.69) is 34.8 Å². The fourth-order valence-electron chi connectivity index (χ4n) is 3.65. The Bertz CT molecular complexity index is 1030. The summed E-state index contributed by atoms with van der Waals surface area (Å²) in [6, 6.07) is 7.84. The maximum absolute atomic E-state index is 14.4. The summed E-state index contributed by atoms with van der Waals surface area (Å²) in [5.41, 5.74) is 1.49. The molecule has 142 valence electrons. The Hall–Kier alpha value is -1.50. The van der Waals surface area contributed by atoms with Gasteiger partial charge in [-0.3, -0.25) is 0 Å². The largest absolute Gasteiger partial charge is 0.379 e. The molecule has 0 saturated carbocycles. The zero-order chi connectivity index (χ0) is 19.3. The third-order valence-electron chi connectivity index (χ3n) is 5.15. The molecule has 27 heavy (non-hydrogen) atoms. The van der Waals surface area contributed by atoms with Crippen molar-refractivity contribution in [2.24, 2.45) is 5.41 Å². The molecule has 2 aromatic carbocycles. The van der Waals surface area contributed by atoms with Gasteiger partial charge >= 0.3 is 0 Å². The zero-order valence-electron chi connectivity index (χ0n) is 14.9. The zero-order valence-corrected chi connectivity index (χ0v) is 17.2. The van der Waals surface area contributed by atoms with Gasteiger partial charge in [0.2, 0.25) is 0 Å². The van der Waals surface area contributed by atoms with Crippen molar-refractivity contribution in [2.75, 3.05) is 13.2 Å². The number of benzene rings is 2. The molecule has 0 radical (unpaired) electrons. The minimum absolute atomic E-state index is 0.00151. The van der Waals surface area contributed by atoms with Crippen LogP contribution in [0.4, 0.5) is 8.78 Å². The lowest BCUT2D eigenvalue weighted by atomic mass is 9.87. The first-order valence-corrected chi connectivity index (χ1v) is 9.81. The number of rotatable bonds is 3. The first-order chi connectivity index (χ1) is 12.8. The van der Waals surface area contributed by atoms with E-state index in [4.69, 9.17) is 16.3 Å². The van der Waals surface area contributed by atoms with E-state index in [1.807, 2.05) is 10.6 Å². The minimum atomic E-state index is -0.396. The van der Waals surface area contributed by atoms with Crippen molar-refractivity contribution in [3.05, 3.63) is 62.8 Å². The van der Waals surface area contributed by atoms with Crippen LogP contribution in [-0.2, 0) is 11.2 Å². The molecule has 1 saturated heterocycles. The second-order valence-electron chi connectivity index (χ2n) is 7.56. The van der Waals surface area contributed by atoms with Crippen LogP contribution in [0.5, 0.6) is 0 Å². The average Bonchev–Trinajstić information content (AvgIpc) is 3.12. The fraction of sp³-hybridized carbons (Fsp3) is 0.350. The van der Waals surface area contributed by atoms with Gasteiger partial charge in [-0.25, -0.2) is 13.8 Å². The molecule has 1 unspecified atom stereocenters. The van der Waals surface area contributed by atoms with Crippen molar-refractivity contribution in [3.8, 4) is 0 Å². The van der Waals surface area contributed by atoms with Gasteiger partial charge in [0.05, 0.1) is 29.2 Å². The molecule has 4 rings (SSSR count). The molecule has 1 atom stereocenters. The highest BCUT2D eigenvalue weighted by atomic mass is 79.9. The van der Waals surface area contributed by atoms with Gasteiger partial charge in [-0.2, -0.15) is 0 Å². The maximum atomic E-state index is 14.4. The molecule has 0 N–H and O–H groups in total. The van der Waals surface area contributed by atoms with E-state index < -0.39 is 5.82 Å². The van der Waals surface area contributed by atoms with Gasteiger partial charge in [0.1, 0.15) is 17.2 Å². The van der Waals surface area contributed by atoms with Crippen LogP contribution in [0.3, 0.4) is 0 Å². The third-order valence-corrected chi connectivity index (χ3v) is 6.10. The molecule has 2 heterocycles. The summed E-state index contributed by atoms with van der Waals surface area (Å²) in [5.74, 6) is -0.132. The van der Waals surface area contributed by atoms with E-state index >= 15 is 0 Å². The number of aromatic nitrogens is 2. The van der Waals surface area contributed by atoms with Crippen LogP contribution < -0.4 is 0 Å². The van der Waals surface area contributed by atoms with E-state index in [-0.39, 0.29) is 17.3 Å². The van der Waals surface area contributed by atoms with E-state index in [1.54, 1.807) is 6.07 Å². The van der Waals surface area contributed by atoms with Crippen molar-refractivity contribution in [2.45, 2.75) is 26.3 Å². The van der Waals surface area contributed by atoms with Crippen LogP contribution >= 0.6 is 27.5 Å². The number of nitrogens with zero attached hydrogens (tertiary/aromatic N) is 2. The van der Waals surface area contributed by atoms with E-state index in [9.17, 15) is 8.78 Å². The van der Waals surface area contributed by atoms with Crippen LogP contribution in [0.2, 0.25) is 5.02 Å². The molecule has 0 amide bonds. The van der Waals surface area contributed by atoms with Gasteiger partial charge in [-0.1, -0.05) is 31.5 Å². The molecule has 1 fully saturated rings. The molecule has 1 aliphatic heterocycles. The monoisotopic (exact) mass is 454 g/mol. The van der Waals surface area contributed by atoms with Gasteiger partial charge in [-0.15, -0.1) is 0 Å². The predicted octanol–water partition coefficient (Wildman–Crippen LogP) is 5.92. The third kappa shape index (κ3) is 3.28. The second kappa shape index (κ2) is 6.83. The Morgan fingerprint density at radius 2 is 2.07 bits per heavy atom. The van der Waals surface area contributed by atoms with Crippen LogP contribution in [0.25, 0.3) is 11.0 Å². The Morgan fingerprint density at radius 1 is 1.30 bits per heavy atom. The number of hydrogen-bond donors (Lipinski definition) is 0. The average molecular weight is 456 g/mol. The van der Waals surface area contributed by atoms with Gasteiger partial charge in [0, 0.05) is 16.9 Å². The summed E-state index contributed by atoms with van der Waals surface area (Å²) in [7, 11) is 0. The van der Waals surface area contributed by atoms with Crippen LogP contribution in [0, 0.1) is 17.0 Å². The number of fused-ring (bicyclic) bond motifs is 1. The number of hydrogen-bond acceptors (Lipinski definition) is 2. The van der Waals surface area contributed by atoms with Crippen molar-refractivity contribution >= 4 is 38.6 Å². The van der Waals surface area contributed by atoms with E-state index in [1.165, 1.54) is 18.2 Å². The molecular formula is C20H18BrClF2N2O. The summed E-state index contributed by atoms with van der Waals surface area (Å²) in [5, 5.41) is 0.435. The highest BCUT2D eigenvalue weighted by Crippen LogP contribution is 2.40. The van der Waals surface area contributed by atoms with Gasteiger partial charge in [-0.05, 0) is 45.8 Å². The summed E-state index contributed by atoms with van der Waals surface area (Å²) >= 11 is 9.46. The Morgan fingerprint density at radius 3 is 2.78 bits per heavy atom. The standard InChI is InChI=1S/C20H18BrClF2N2O/c1-20(2)10-27-9-17(20)26-16-5-3-4-14(23)19(16)25-18(26)7-11-6-15(24)12(21)8-13(11)22/h3-6,8,17H,7,9-10H2,1-2H3.